The van der Waals surface area contributed by atoms with Crippen molar-refractivity contribution in [2.45, 2.75) is 59.2 Å². The van der Waals surface area contributed by atoms with Crippen LogP contribution >= 0.6 is 0 Å². The van der Waals surface area contributed by atoms with E-state index >= 15 is 0 Å². The molecule has 3 aromatic rings. The van der Waals surface area contributed by atoms with E-state index in [4.69, 9.17) is 9.41 Å². The van der Waals surface area contributed by atoms with Gasteiger partial charge in [0.05, 0.1) is 13.1 Å². The highest BCUT2D eigenvalue weighted by Crippen LogP contribution is 2.19. The molecule has 3 heterocycles. The molecule has 0 saturated heterocycles. The van der Waals surface area contributed by atoms with Crippen molar-refractivity contribution in [1.29, 1.82) is 0 Å². The van der Waals surface area contributed by atoms with Gasteiger partial charge in [0.25, 0.3) is 0 Å². The molecule has 2 aromatic heterocycles. The molecule has 0 saturated carbocycles. The number of nitrogens with zero attached hydrogens (tertiary/aromatic N) is 5. The fraction of sp³-hybridized carbons (Fsp3) is 0.455. The van der Waals surface area contributed by atoms with Crippen molar-refractivity contribution in [3.63, 3.8) is 0 Å². The molecule has 8 nitrogen and oxygen atoms in total. The first-order valence-electron chi connectivity index (χ1n) is 10.6. The molecule has 0 fully saturated rings. The van der Waals surface area contributed by atoms with E-state index in [1.54, 1.807) is 6.26 Å². The zero-order valence-corrected chi connectivity index (χ0v) is 17.9. The first-order chi connectivity index (χ1) is 14.6. The van der Waals surface area contributed by atoms with Crippen molar-refractivity contribution in [1.82, 2.24) is 30.4 Å². The molecule has 158 valence electrons. The van der Waals surface area contributed by atoms with Gasteiger partial charge < -0.3 is 15.1 Å². The molecule has 1 atom stereocenters. The monoisotopic (exact) mass is 407 g/mol. The van der Waals surface area contributed by atoms with Gasteiger partial charge in [-0.1, -0.05) is 24.6 Å². The van der Waals surface area contributed by atoms with Crippen LogP contribution < -0.4 is 10.6 Å². The molecule has 1 aliphatic heterocycles. The molecule has 1 aromatic carbocycles. The van der Waals surface area contributed by atoms with E-state index in [0.29, 0.717) is 12.4 Å². The molecule has 8 heteroatoms. The van der Waals surface area contributed by atoms with Crippen molar-refractivity contribution in [2.75, 3.05) is 6.54 Å². The van der Waals surface area contributed by atoms with Gasteiger partial charge in [-0.25, -0.2) is 19.6 Å². The smallest absolute Gasteiger partial charge is 0.226 e. The summed E-state index contributed by atoms with van der Waals surface area (Å²) in [6.07, 6.45) is 4.47. The molecule has 0 spiro atoms. The zero-order valence-electron chi connectivity index (χ0n) is 17.9. The number of benzene rings is 1. The third kappa shape index (κ3) is 4.69. The average molecular weight is 408 g/mol. The highest BCUT2D eigenvalue weighted by molar-refractivity contribution is 5.80. The van der Waals surface area contributed by atoms with E-state index in [-0.39, 0.29) is 6.04 Å². The first kappa shape index (κ1) is 20.1. The Bertz CT molecular complexity index is 1000. The minimum atomic E-state index is 0.266. The number of nitrogens with one attached hydrogen (secondary N) is 2. The van der Waals surface area contributed by atoms with Crippen LogP contribution in [0, 0.1) is 6.92 Å². The number of rotatable bonds is 6. The van der Waals surface area contributed by atoms with Crippen LogP contribution in [0.1, 0.15) is 43.2 Å². The number of aromatic nitrogens is 4. The molecule has 4 rings (SSSR count). The topological polar surface area (TPSA) is 93.2 Å². The fourth-order valence-corrected chi connectivity index (χ4v) is 3.51. The summed E-state index contributed by atoms with van der Waals surface area (Å²) in [4.78, 5) is 13.9. The Morgan fingerprint density at radius 3 is 2.83 bits per heavy atom. The van der Waals surface area contributed by atoms with E-state index in [2.05, 4.69) is 58.6 Å². The summed E-state index contributed by atoms with van der Waals surface area (Å²) in [5.74, 6) is 3.40. The summed E-state index contributed by atoms with van der Waals surface area (Å²) in [7, 11) is 0. The largest absolute Gasteiger partial charge is 0.444 e. The number of guanidine groups is 1. The van der Waals surface area contributed by atoms with Crippen molar-refractivity contribution in [3.8, 4) is 11.5 Å². The Balaban J connectivity index is 1.40. The van der Waals surface area contributed by atoms with Crippen LogP contribution in [0.2, 0.25) is 0 Å². The third-order valence-corrected chi connectivity index (χ3v) is 5.15. The summed E-state index contributed by atoms with van der Waals surface area (Å²) in [5.41, 5.74) is 2.99. The van der Waals surface area contributed by atoms with Crippen molar-refractivity contribution in [2.24, 2.45) is 4.99 Å². The quantitative estimate of drug-likeness (QED) is 0.482. The van der Waals surface area contributed by atoms with Crippen molar-refractivity contribution < 1.29 is 4.42 Å². The second kappa shape index (κ2) is 9.11. The molecule has 0 radical (unpaired) electrons. The Labute approximate surface area is 176 Å². The predicted octanol–water partition coefficient (Wildman–Crippen LogP) is 2.87. The lowest BCUT2D eigenvalue weighted by molar-refractivity contribution is 0.392. The average Bonchev–Trinajstić information content (AvgIpc) is 3.39. The van der Waals surface area contributed by atoms with E-state index in [1.165, 1.54) is 5.56 Å². The standard InChI is InChI=1S/C22H29N7O/c1-4-19-27-20-11-10-17(13-29(20)28-19)26-22(23-5-2)24-12-18-14-30-21(25-18)16-8-6-15(3)7-9-16/h6-9,14,17H,4-5,10-13H2,1-3H3,(H2,23,24,26). The highest BCUT2D eigenvalue weighted by atomic mass is 16.3. The number of fused-ring (bicyclic) bond motifs is 1. The minimum absolute atomic E-state index is 0.266. The summed E-state index contributed by atoms with van der Waals surface area (Å²) in [6.45, 7) is 8.25. The molecule has 1 unspecified atom stereocenters. The van der Waals surface area contributed by atoms with Crippen molar-refractivity contribution in [3.05, 3.63) is 53.4 Å². The Kier molecular flexibility index (Phi) is 6.11. The summed E-state index contributed by atoms with van der Waals surface area (Å²) < 4.78 is 7.67. The van der Waals surface area contributed by atoms with Gasteiger partial charge in [0.1, 0.15) is 17.8 Å². The summed E-state index contributed by atoms with van der Waals surface area (Å²) in [5, 5.41) is 11.4. The fourth-order valence-electron chi connectivity index (χ4n) is 3.51. The number of aliphatic imine (C=N–C) groups is 1. The molecule has 1 aliphatic rings. The Hall–Kier alpha value is -3.16. The van der Waals surface area contributed by atoms with Gasteiger partial charge in [0.2, 0.25) is 5.89 Å². The van der Waals surface area contributed by atoms with Gasteiger partial charge in [-0.3, -0.25) is 0 Å². The van der Waals surface area contributed by atoms with Crippen LogP contribution in [0.5, 0.6) is 0 Å². The Morgan fingerprint density at radius 1 is 1.23 bits per heavy atom. The van der Waals surface area contributed by atoms with Crippen LogP contribution in [-0.2, 0) is 25.9 Å². The number of oxazole rings is 1. The predicted molar refractivity (Wildman–Crippen MR) is 116 cm³/mol. The van der Waals surface area contributed by atoms with E-state index in [9.17, 15) is 0 Å². The summed E-state index contributed by atoms with van der Waals surface area (Å²) in [6, 6.07) is 8.41. The molecular weight excluding hydrogens is 378 g/mol. The lowest BCUT2D eigenvalue weighted by Crippen LogP contribution is -2.47. The van der Waals surface area contributed by atoms with E-state index in [1.807, 2.05) is 16.8 Å². The van der Waals surface area contributed by atoms with Gasteiger partial charge in [-0.2, -0.15) is 5.10 Å². The van der Waals surface area contributed by atoms with E-state index in [0.717, 1.165) is 61.2 Å². The molecule has 0 amide bonds. The molecule has 0 bridgehead atoms. The van der Waals surface area contributed by atoms with Gasteiger partial charge in [-0.05, 0) is 32.4 Å². The minimum Gasteiger partial charge on any atom is -0.444 e. The van der Waals surface area contributed by atoms with Crippen LogP contribution in [-0.4, -0.2) is 38.3 Å². The van der Waals surface area contributed by atoms with Gasteiger partial charge in [0.15, 0.2) is 11.8 Å². The van der Waals surface area contributed by atoms with Crippen LogP contribution in [0.4, 0.5) is 0 Å². The summed E-state index contributed by atoms with van der Waals surface area (Å²) >= 11 is 0. The zero-order chi connectivity index (χ0) is 20.9. The maximum Gasteiger partial charge on any atom is 0.226 e. The first-order valence-corrected chi connectivity index (χ1v) is 10.6. The number of hydrogen-bond acceptors (Lipinski definition) is 5. The molecular formula is C22H29N7O. The molecule has 30 heavy (non-hydrogen) atoms. The molecule has 2 N–H and O–H groups in total. The maximum absolute atomic E-state index is 5.65. The SMILES string of the molecule is CCNC(=NCc1coc(-c2ccc(C)cc2)n1)NC1CCc2nc(CC)nn2C1. The van der Waals surface area contributed by atoms with E-state index < -0.39 is 0 Å². The maximum atomic E-state index is 5.65. The highest BCUT2D eigenvalue weighted by Gasteiger charge is 2.22. The second-order valence-electron chi connectivity index (χ2n) is 7.57. The Morgan fingerprint density at radius 2 is 2.07 bits per heavy atom. The van der Waals surface area contributed by atoms with Crippen LogP contribution in [0.15, 0.2) is 39.9 Å². The van der Waals surface area contributed by atoms with Crippen LogP contribution in [0.3, 0.4) is 0 Å². The normalized spacial score (nSPS) is 16.4. The third-order valence-electron chi connectivity index (χ3n) is 5.15. The number of hydrogen-bond donors (Lipinski definition) is 2. The lowest BCUT2D eigenvalue weighted by Gasteiger charge is -2.25. The van der Waals surface area contributed by atoms with Gasteiger partial charge in [0, 0.05) is 31.0 Å². The van der Waals surface area contributed by atoms with Gasteiger partial charge in [-0.15, -0.1) is 0 Å². The number of aryl methyl sites for hydroxylation is 3. The van der Waals surface area contributed by atoms with Crippen molar-refractivity contribution >= 4 is 5.96 Å². The second-order valence-corrected chi connectivity index (χ2v) is 7.57. The van der Waals surface area contributed by atoms with Gasteiger partial charge >= 0.3 is 0 Å². The lowest BCUT2D eigenvalue weighted by atomic mass is 10.1. The molecule has 0 aliphatic carbocycles. The van der Waals surface area contributed by atoms with Crippen LogP contribution in [0.25, 0.3) is 11.5 Å².